The molecule has 0 saturated carbocycles. The Morgan fingerprint density at radius 1 is 1.33 bits per heavy atom. The molecule has 6 heteroatoms. The van der Waals surface area contributed by atoms with Gasteiger partial charge in [0.1, 0.15) is 5.75 Å². The van der Waals surface area contributed by atoms with Crippen molar-refractivity contribution in [2.75, 3.05) is 33.9 Å². The van der Waals surface area contributed by atoms with Gasteiger partial charge in [0.05, 0.1) is 25.7 Å². The average Bonchev–Trinajstić information content (AvgIpc) is 2.96. The number of piperidine rings is 1. The molecule has 0 aromatic heterocycles. The van der Waals surface area contributed by atoms with Crippen molar-refractivity contribution in [1.29, 1.82) is 0 Å². The van der Waals surface area contributed by atoms with Gasteiger partial charge in [0.2, 0.25) is 5.91 Å². The molecule has 1 atom stereocenters. The van der Waals surface area contributed by atoms with E-state index in [9.17, 15) is 9.59 Å². The van der Waals surface area contributed by atoms with Crippen molar-refractivity contribution in [3.63, 3.8) is 0 Å². The fourth-order valence-electron chi connectivity index (χ4n) is 4.51. The van der Waals surface area contributed by atoms with Crippen LogP contribution in [-0.4, -0.2) is 61.1 Å². The Morgan fingerprint density at radius 3 is 2.70 bits per heavy atom. The fraction of sp³-hybridized carbons (Fsp3) is 0.524. The third-order valence-corrected chi connectivity index (χ3v) is 5.93. The molecule has 6 nitrogen and oxygen atoms in total. The fourth-order valence-corrected chi connectivity index (χ4v) is 4.51. The van der Waals surface area contributed by atoms with Crippen LogP contribution in [0.15, 0.2) is 36.9 Å². The summed E-state index contributed by atoms with van der Waals surface area (Å²) in [5, 5.41) is 0. The van der Waals surface area contributed by atoms with Crippen LogP contribution in [0, 0.1) is 5.92 Å². The molecule has 2 saturated heterocycles. The van der Waals surface area contributed by atoms with Gasteiger partial charge in [0.25, 0.3) is 0 Å². The van der Waals surface area contributed by atoms with Gasteiger partial charge in [-0.25, -0.2) is 0 Å². The highest BCUT2D eigenvalue weighted by Crippen LogP contribution is 2.44. The molecule has 0 aliphatic carbocycles. The molecule has 0 radical (unpaired) electrons. The van der Waals surface area contributed by atoms with Gasteiger partial charge in [-0.2, -0.15) is 0 Å². The molecule has 2 aliphatic rings. The van der Waals surface area contributed by atoms with Gasteiger partial charge in [-0.3, -0.25) is 14.5 Å². The topological polar surface area (TPSA) is 59.1 Å². The van der Waals surface area contributed by atoms with Crippen LogP contribution in [0.4, 0.5) is 0 Å². The lowest BCUT2D eigenvalue weighted by Gasteiger charge is -2.46. The minimum Gasteiger partial charge on any atom is -0.497 e. The Balaban J connectivity index is 1.74. The molecular weight excluding hydrogens is 344 g/mol. The maximum Gasteiger partial charge on any atom is 0.311 e. The maximum atomic E-state index is 12.6. The third-order valence-electron chi connectivity index (χ3n) is 5.93. The molecule has 0 N–H and O–H groups in total. The Bertz CT molecular complexity index is 710. The summed E-state index contributed by atoms with van der Waals surface area (Å²) in [4.78, 5) is 29.1. The van der Waals surface area contributed by atoms with E-state index in [1.807, 2.05) is 23.1 Å². The summed E-state index contributed by atoms with van der Waals surface area (Å²) in [5.74, 6) is 0.196. The van der Waals surface area contributed by atoms with Crippen molar-refractivity contribution >= 4 is 11.9 Å². The van der Waals surface area contributed by atoms with Crippen LogP contribution in [0.2, 0.25) is 0 Å². The highest BCUT2D eigenvalue weighted by atomic mass is 16.5. The molecule has 1 aromatic rings. The summed E-state index contributed by atoms with van der Waals surface area (Å²) in [6.07, 6.45) is 3.49. The second kappa shape index (κ2) is 8.13. The van der Waals surface area contributed by atoms with E-state index < -0.39 is 11.5 Å². The number of carbonyl (C=O) groups excluding carboxylic acids is 2. The number of methoxy groups -OCH3 is 2. The highest BCUT2D eigenvalue weighted by Gasteiger charge is 2.56. The van der Waals surface area contributed by atoms with E-state index in [-0.39, 0.29) is 18.3 Å². The van der Waals surface area contributed by atoms with Crippen molar-refractivity contribution in [1.82, 2.24) is 9.80 Å². The Morgan fingerprint density at radius 2 is 2.07 bits per heavy atom. The normalized spacial score (nSPS) is 22.1. The third kappa shape index (κ3) is 3.72. The lowest BCUT2D eigenvalue weighted by atomic mass is 9.76. The van der Waals surface area contributed by atoms with Gasteiger partial charge in [-0.05, 0) is 30.5 Å². The Kier molecular flexibility index (Phi) is 5.85. The minimum absolute atomic E-state index is 0.0199. The molecule has 0 bridgehead atoms. The lowest BCUT2D eigenvalue weighted by Crippen LogP contribution is -2.57. The molecule has 1 aromatic carbocycles. The molecule has 3 rings (SSSR count). The Hall–Kier alpha value is -2.34. The number of likely N-dealkylation sites (tertiary alicyclic amines) is 2. The van der Waals surface area contributed by atoms with Gasteiger partial charge in [-0.15, -0.1) is 6.58 Å². The standard InChI is InChI=1S/C21H28N2O4/c1-4-10-23-19(24)14-18(20(25)27-3)21(23)8-11-22(12-9-21)15-16-6-5-7-17(13-16)26-2/h4-7,13,18H,1,8-12,14-15H2,2-3H3. The quantitative estimate of drug-likeness (QED) is 0.566. The molecule has 1 unspecified atom stereocenters. The zero-order chi connectivity index (χ0) is 19.4. The number of hydrogen-bond acceptors (Lipinski definition) is 5. The summed E-state index contributed by atoms with van der Waals surface area (Å²) < 4.78 is 10.3. The van der Waals surface area contributed by atoms with Crippen molar-refractivity contribution in [2.45, 2.75) is 31.3 Å². The van der Waals surface area contributed by atoms with E-state index in [2.05, 4.69) is 17.5 Å². The van der Waals surface area contributed by atoms with Crippen LogP contribution in [0.1, 0.15) is 24.8 Å². The molecule has 1 spiro atoms. The lowest BCUT2D eigenvalue weighted by molar-refractivity contribution is -0.150. The number of esters is 1. The summed E-state index contributed by atoms with van der Waals surface area (Å²) in [6, 6.07) is 8.07. The Labute approximate surface area is 160 Å². The highest BCUT2D eigenvalue weighted by molar-refractivity contribution is 5.89. The van der Waals surface area contributed by atoms with E-state index in [0.29, 0.717) is 6.54 Å². The van der Waals surface area contributed by atoms with Crippen molar-refractivity contribution in [2.24, 2.45) is 5.92 Å². The number of rotatable bonds is 6. The first-order valence-corrected chi connectivity index (χ1v) is 9.38. The molecular formula is C21H28N2O4. The first kappa shape index (κ1) is 19.4. The molecule has 2 fully saturated rings. The molecule has 1 amide bonds. The van der Waals surface area contributed by atoms with E-state index in [1.54, 1.807) is 13.2 Å². The van der Waals surface area contributed by atoms with Crippen LogP contribution in [-0.2, 0) is 20.9 Å². The average molecular weight is 372 g/mol. The molecule has 2 heterocycles. The van der Waals surface area contributed by atoms with Gasteiger partial charge < -0.3 is 14.4 Å². The molecule has 146 valence electrons. The van der Waals surface area contributed by atoms with Gasteiger partial charge >= 0.3 is 5.97 Å². The second-order valence-corrected chi connectivity index (χ2v) is 7.30. The van der Waals surface area contributed by atoms with Crippen molar-refractivity contribution in [3.05, 3.63) is 42.5 Å². The van der Waals surface area contributed by atoms with Crippen LogP contribution in [0.25, 0.3) is 0 Å². The van der Waals surface area contributed by atoms with E-state index >= 15 is 0 Å². The largest absolute Gasteiger partial charge is 0.497 e. The predicted molar refractivity (Wildman–Crippen MR) is 102 cm³/mol. The maximum absolute atomic E-state index is 12.6. The number of amides is 1. The van der Waals surface area contributed by atoms with Crippen LogP contribution in [0.3, 0.4) is 0 Å². The smallest absolute Gasteiger partial charge is 0.311 e. The summed E-state index contributed by atoms with van der Waals surface area (Å²) in [7, 11) is 3.07. The van der Waals surface area contributed by atoms with Crippen LogP contribution < -0.4 is 4.74 Å². The summed E-state index contributed by atoms with van der Waals surface area (Å²) >= 11 is 0. The van der Waals surface area contributed by atoms with E-state index in [0.717, 1.165) is 38.2 Å². The van der Waals surface area contributed by atoms with Crippen LogP contribution >= 0.6 is 0 Å². The second-order valence-electron chi connectivity index (χ2n) is 7.30. The first-order chi connectivity index (χ1) is 13.0. The van der Waals surface area contributed by atoms with Gasteiger partial charge in [0.15, 0.2) is 0 Å². The van der Waals surface area contributed by atoms with Crippen LogP contribution in [0.5, 0.6) is 5.75 Å². The molecule has 27 heavy (non-hydrogen) atoms. The summed E-state index contributed by atoms with van der Waals surface area (Å²) in [5.41, 5.74) is 0.740. The SMILES string of the molecule is C=CCN1C(=O)CC(C(=O)OC)C12CCN(Cc1cccc(OC)c1)CC2. The predicted octanol–water partition coefficient (Wildman–Crippen LogP) is 2.24. The summed E-state index contributed by atoms with van der Waals surface area (Å²) in [6.45, 7) is 6.73. The van der Waals surface area contributed by atoms with Gasteiger partial charge in [0, 0.05) is 32.6 Å². The zero-order valence-corrected chi connectivity index (χ0v) is 16.1. The first-order valence-electron chi connectivity index (χ1n) is 9.38. The number of nitrogens with zero attached hydrogens (tertiary/aromatic N) is 2. The van der Waals surface area contributed by atoms with E-state index in [4.69, 9.17) is 9.47 Å². The van der Waals surface area contributed by atoms with E-state index in [1.165, 1.54) is 12.7 Å². The number of benzene rings is 1. The zero-order valence-electron chi connectivity index (χ0n) is 16.1. The van der Waals surface area contributed by atoms with Crippen molar-refractivity contribution < 1.29 is 19.1 Å². The molecule has 2 aliphatic heterocycles. The minimum atomic E-state index is -0.455. The number of ether oxygens (including phenoxy) is 2. The number of hydrogen-bond donors (Lipinski definition) is 0. The monoisotopic (exact) mass is 372 g/mol. The number of carbonyl (C=O) groups is 2. The van der Waals surface area contributed by atoms with Crippen molar-refractivity contribution in [3.8, 4) is 5.75 Å². The van der Waals surface area contributed by atoms with Gasteiger partial charge in [-0.1, -0.05) is 18.2 Å².